The largest absolute Gasteiger partial charge is 0.317 e. The number of benzene rings is 1. The van der Waals surface area contributed by atoms with Gasteiger partial charge in [-0.05, 0) is 55.7 Å². The normalized spacial score (nSPS) is 34.8. The highest BCUT2D eigenvalue weighted by Crippen LogP contribution is 2.46. The standard InChI is InChI=1S/C16H23NS/c1-11-12(7-8-15(11)17-2)9-13-10-18-16-6-4-3-5-14(13)16/h3-6,11-13,15,17H,7-10H2,1-2H3. The van der Waals surface area contributed by atoms with Crippen molar-refractivity contribution in [3.8, 4) is 0 Å². The second-order valence-corrected chi connectivity index (χ2v) is 6.94. The molecule has 1 N–H and O–H groups in total. The highest BCUT2D eigenvalue weighted by Gasteiger charge is 2.35. The first-order valence-corrected chi connectivity index (χ1v) is 8.17. The van der Waals surface area contributed by atoms with Crippen LogP contribution in [-0.2, 0) is 0 Å². The monoisotopic (exact) mass is 261 g/mol. The van der Waals surface area contributed by atoms with E-state index in [0.717, 1.165) is 23.8 Å². The van der Waals surface area contributed by atoms with E-state index >= 15 is 0 Å². The molecule has 0 radical (unpaired) electrons. The molecule has 0 aromatic heterocycles. The van der Waals surface area contributed by atoms with Crippen LogP contribution in [0.1, 0.15) is 37.7 Å². The molecule has 3 rings (SSSR count). The smallest absolute Gasteiger partial charge is 0.0107 e. The Morgan fingerprint density at radius 2 is 2.11 bits per heavy atom. The van der Waals surface area contributed by atoms with Crippen molar-refractivity contribution in [1.82, 2.24) is 5.32 Å². The average Bonchev–Trinajstić information content (AvgIpc) is 2.96. The summed E-state index contributed by atoms with van der Waals surface area (Å²) >= 11 is 2.05. The van der Waals surface area contributed by atoms with E-state index in [9.17, 15) is 0 Å². The van der Waals surface area contributed by atoms with Gasteiger partial charge < -0.3 is 5.32 Å². The average molecular weight is 261 g/mol. The molecular formula is C16H23NS. The lowest BCUT2D eigenvalue weighted by Crippen LogP contribution is -2.29. The van der Waals surface area contributed by atoms with Crippen LogP contribution in [0.4, 0.5) is 0 Å². The number of rotatable bonds is 3. The van der Waals surface area contributed by atoms with Crippen LogP contribution in [0.5, 0.6) is 0 Å². The van der Waals surface area contributed by atoms with Gasteiger partial charge in [-0.15, -0.1) is 11.8 Å². The maximum atomic E-state index is 3.48. The highest BCUT2D eigenvalue weighted by atomic mass is 32.2. The zero-order valence-corrected chi connectivity index (χ0v) is 12.2. The quantitative estimate of drug-likeness (QED) is 0.885. The molecule has 2 aliphatic rings. The van der Waals surface area contributed by atoms with E-state index in [2.05, 4.69) is 55.3 Å². The summed E-state index contributed by atoms with van der Waals surface area (Å²) in [5, 5.41) is 3.48. The van der Waals surface area contributed by atoms with Gasteiger partial charge in [-0.3, -0.25) is 0 Å². The lowest BCUT2D eigenvalue weighted by molar-refractivity contribution is 0.333. The van der Waals surface area contributed by atoms with Crippen molar-refractivity contribution in [2.75, 3.05) is 12.8 Å². The molecule has 1 aromatic carbocycles. The van der Waals surface area contributed by atoms with E-state index in [1.54, 1.807) is 5.56 Å². The highest BCUT2D eigenvalue weighted by molar-refractivity contribution is 7.99. The van der Waals surface area contributed by atoms with Crippen LogP contribution in [0.3, 0.4) is 0 Å². The molecule has 1 aromatic rings. The zero-order chi connectivity index (χ0) is 12.5. The van der Waals surface area contributed by atoms with E-state index in [1.165, 1.54) is 29.9 Å². The van der Waals surface area contributed by atoms with Crippen molar-refractivity contribution in [2.24, 2.45) is 11.8 Å². The van der Waals surface area contributed by atoms with Crippen molar-refractivity contribution in [2.45, 2.75) is 43.0 Å². The van der Waals surface area contributed by atoms with Crippen molar-refractivity contribution >= 4 is 11.8 Å². The first-order valence-electron chi connectivity index (χ1n) is 7.18. The number of thioether (sulfide) groups is 1. The van der Waals surface area contributed by atoms with Crippen molar-refractivity contribution in [3.05, 3.63) is 29.8 Å². The summed E-state index contributed by atoms with van der Waals surface area (Å²) in [6.45, 7) is 2.44. The van der Waals surface area contributed by atoms with Gasteiger partial charge in [-0.2, -0.15) is 0 Å². The Balaban J connectivity index is 1.68. The van der Waals surface area contributed by atoms with Crippen LogP contribution >= 0.6 is 11.8 Å². The maximum Gasteiger partial charge on any atom is 0.0107 e. The van der Waals surface area contributed by atoms with Gasteiger partial charge in [-0.25, -0.2) is 0 Å². The SMILES string of the molecule is CNC1CCC(CC2CSc3ccccc32)C1C. The second-order valence-electron chi connectivity index (χ2n) is 5.87. The minimum atomic E-state index is 0.749. The molecule has 0 amide bonds. The Hall–Kier alpha value is -0.470. The fraction of sp³-hybridized carbons (Fsp3) is 0.625. The number of hydrogen-bond donors (Lipinski definition) is 1. The Morgan fingerprint density at radius 1 is 1.28 bits per heavy atom. The predicted octanol–water partition coefficient (Wildman–Crippen LogP) is 3.90. The van der Waals surface area contributed by atoms with Crippen molar-refractivity contribution in [1.29, 1.82) is 0 Å². The fourth-order valence-electron chi connectivity index (χ4n) is 3.78. The topological polar surface area (TPSA) is 12.0 Å². The van der Waals surface area contributed by atoms with Crippen LogP contribution in [0.15, 0.2) is 29.2 Å². The molecule has 1 aliphatic heterocycles. The van der Waals surface area contributed by atoms with Crippen molar-refractivity contribution in [3.63, 3.8) is 0 Å². The molecule has 1 fully saturated rings. The summed E-state index contributed by atoms with van der Waals surface area (Å²) in [4.78, 5) is 1.53. The van der Waals surface area contributed by atoms with E-state index in [0.29, 0.717) is 0 Å². The van der Waals surface area contributed by atoms with E-state index in [1.807, 2.05) is 0 Å². The van der Waals surface area contributed by atoms with Gasteiger partial charge in [0.05, 0.1) is 0 Å². The third-order valence-corrected chi connectivity index (χ3v) is 6.24. The van der Waals surface area contributed by atoms with Gasteiger partial charge in [0.2, 0.25) is 0 Å². The first kappa shape index (κ1) is 12.6. The number of fused-ring (bicyclic) bond motifs is 1. The summed E-state index contributed by atoms with van der Waals surface area (Å²) in [7, 11) is 2.12. The van der Waals surface area contributed by atoms with Gasteiger partial charge in [0.25, 0.3) is 0 Å². The molecule has 1 nitrogen and oxygen atoms in total. The molecule has 1 aliphatic carbocycles. The second kappa shape index (κ2) is 5.26. The minimum Gasteiger partial charge on any atom is -0.317 e. The van der Waals surface area contributed by atoms with Crippen LogP contribution in [0.2, 0.25) is 0 Å². The molecule has 4 atom stereocenters. The molecule has 1 heterocycles. The molecule has 4 unspecified atom stereocenters. The van der Waals surface area contributed by atoms with Gasteiger partial charge in [0, 0.05) is 16.7 Å². The zero-order valence-electron chi connectivity index (χ0n) is 11.4. The molecule has 18 heavy (non-hydrogen) atoms. The van der Waals surface area contributed by atoms with Gasteiger partial charge in [-0.1, -0.05) is 25.1 Å². The molecule has 0 saturated heterocycles. The summed E-state index contributed by atoms with van der Waals surface area (Å²) < 4.78 is 0. The van der Waals surface area contributed by atoms with E-state index in [-0.39, 0.29) is 0 Å². The number of nitrogens with one attached hydrogen (secondary N) is 1. The van der Waals surface area contributed by atoms with Crippen LogP contribution in [-0.4, -0.2) is 18.8 Å². The van der Waals surface area contributed by atoms with Gasteiger partial charge in [0.1, 0.15) is 0 Å². The third kappa shape index (κ3) is 2.21. The molecule has 1 saturated carbocycles. The van der Waals surface area contributed by atoms with Crippen LogP contribution < -0.4 is 5.32 Å². The number of hydrogen-bond acceptors (Lipinski definition) is 2. The summed E-state index contributed by atoms with van der Waals surface area (Å²) in [6, 6.07) is 9.75. The van der Waals surface area contributed by atoms with Crippen LogP contribution in [0, 0.1) is 11.8 Å². The molecule has 98 valence electrons. The fourth-order valence-corrected chi connectivity index (χ4v) is 5.05. The third-order valence-electron chi connectivity index (χ3n) is 4.98. The summed E-state index contributed by atoms with van der Waals surface area (Å²) in [5.74, 6) is 3.86. The van der Waals surface area contributed by atoms with Gasteiger partial charge in [0.15, 0.2) is 0 Å². The summed E-state index contributed by atoms with van der Waals surface area (Å²) in [6.07, 6.45) is 4.17. The first-order chi connectivity index (χ1) is 8.79. The Labute approximate surface area is 115 Å². The maximum absolute atomic E-state index is 3.48. The van der Waals surface area contributed by atoms with E-state index in [4.69, 9.17) is 0 Å². The van der Waals surface area contributed by atoms with Crippen LogP contribution in [0.25, 0.3) is 0 Å². The minimum absolute atomic E-state index is 0.749. The lowest BCUT2D eigenvalue weighted by Gasteiger charge is -2.23. The Morgan fingerprint density at radius 3 is 2.89 bits per heavy atom. The van der Waals surface area contributed by atoms with Crippen molar-refractivity contribution < 1.29 is 0 Å². The predicted molar refractivity (Wildman–Crippen MR) is 79.3 cm³/mol. The Bertz CT molecular complexity index is 417. The molecular weight excluding hydrogens is 238 g/mol. The Kier molecular flexibility index (Phi) is 3.67. The molecule has 0 bridgehead atoms. The summed E-state index contributed by atoms with van der Waals surface area (Å²) in [5.41, 5.74) is 1.61. The molecule has 0 spiro atoms. The van der Waals surface area contributed by atoms with Gasteiger partial charge >= 0.3 is 0 Å². The molecule has 2 heteroatoms. The lowest BCUT2D eigenvalue weighted by atomic mass is 9.84. The van der Waals surface area contributed by atoms with E-state index < -0.39 is 0 Å².